The maximum atomic E-state index is 12.3. The number of aromatic nitrogens is 6. The van der Waals surface area contributed by atoms with Gasteiger partial charge in [-0.1, -0.05) is 18.6 Å². The SMILES string of the molecule is CCCCc1cc(OC)c(OCc2nn[nH]n2)cc1-n1cc(/C=C(\Cc2cc3c(cc2OC)CCO3)C(=O)O)cn1. The van der Waals surface area contributed by atoms with Crippen LogP contribution < -0.4 is 18.9 Å². The zero-order chi connectivity index (χ0) is 28.8. The average molecular weight is 561 g/mol. The summed E-state index contributed by atoms with van der Waals surface area (Å²) in [6.45, 7) is 2.84. The number of H-pyrrole nitrogens is 1. The molecule has 12 heteroatoms. The molecular formula is C29H32N6O6. The number of tetrazole rings is 1. The van der Waals surface area contributed by atoms with Gasteiger partial charge < -0.3 is 24.1 Å². The summed E-state index contributed by atoms with van der Waals surface area (Å²) in [7, 11) is 3.17. The summed E-state index contributed by atoms with van der Waals surface area (Å²) < 4.78 is 24.5. The number of hydrogen-bond donors (Lipinski definition) is 2. The summed E-state index contributed by atoms with van der Waals surface area (Å²) >= 11 is 0. The van der Waals surface area contributed by atoms with E-state index in [0.29, 0.717) is 35.2 Å². The molecule has 0 unspecified atom stereocenters. The predicted molar refractivity (Wildman–Crippen MR) is 149 cm³/mol. The van der Waals surface area contributed by atoms with Crippen LogP contribution in [0.2, 0.25) is 0 Å². The quantitative estimate of drug-likeness (QED) is 0.230. The van der Waals surface area contributed by atoms with Gasteiger partial charge in [0.2, 0.25) is 5.82 Å². The van der Waals surface area contributed by atoms with Crippen LogP contribution in [0.4, 0.5) is 0 Å². The van der Waals surface area contributed by atoms with Crippen molar-refractivity contribution < 1.29 is 28.8 Å². The predicted octanol–water partition coefficient (Wildman–Crippen LogP) is 3.97. The third-order valence-corrected chi connectivity index (χ3v) is 6.85. The molecular weight excluding hydrogens is 528 g/mol. The summed E-state index contributed by atoms with van der Waals surface area (Å²) in [6, 6.07) is 7.60. The summed E-state index contributed by atoms with van der Waals surface area (Å²) in [5, 5.41) is 28.4. The molecule has 0 atom stereocenters. The van der Waals surface area contributed by atoms with E-state index in [1.807, 2.05) is 24.3 Å². The molecule has 1 aliphatic heterocycles. The van der Waals surface area contributed by atoms with E-state index in [1.54, 1.807) is 37.4 Å². The molecule has 2 N–H and O–H groups in total. The molecule has 41 heavy (non-hydrogen) atoms. The molecule has 0 amide bonds. The van der Waals surface area contributed by atoms with Crippen molar-refractivity contribution in [1.29, 1.82) is 0 Å². The zero-order valence-corrected chi connectivity index (χ0v) is 23.2. The molecule has 3 heterocycles. The molecule has 5 rings (SSSR count). The molecule has 1 aliphatic rings. The first kappa shape index (κ1) is 27.7. The van der Waals surface area contributed by atoms with Crippen molar-refractivity contribution in [3.05, 3.63) is 70.3 Å². The van der Waals surface area contributed by atoms with Crippen LogP contribution in [0, 0.1) is 0 Å². The summed E-state index contributed by atoms with van der Waals surface area (Å²) in [5.74, 6) is 1.88. The van der Waals surface area contributed by atoms with Crippen molar-refractivity contribution in [2.75, 3.05) is 20.8 Å². The van der Waals surface area contributed by atoms with Gasteiger partial charge in [0, 0.05) is 47.4 Å². The molecule has 214 valence electrons. The standard InChI is InChI=1S/C29H32N6O6/c1-4-5-6-19-11-26(39-3)27(41-17-28-31-33-34-32-28)14-23(19)35-16-18(15-30-35)9-22(29(36)37)10-21-13-25-20(7-8-40-25)12-24(21)38-2/h9,11-16H,4-8,10,17H2,1-3H3,(H,36,37)(H,31,32,33,34)/b22-9+. The second kappa shape index (κ2) is 12.5. The van der Waals surface area contributed by atoms with Gasteiger partial charge in [0.05, 0.1) is 32.7 Å². The lowest BCUT2D eigenvalue weighted by molar-refractivity contribution is -0.132. The first-order chi connectivity index (χ1) is 20.0. The van der Waals surface area contributed by atoms with Crippen LogP contribution in [0.15, 0.2) is 42.2 Å². The number of unbranched alkanes of at least 4 members (excludes halogenated alkanes) is 1. The Hall–Kier alpha value is -4.87. The van der Waals surface area contributed by atoms with Gasteiger partial charge in [-0.3, -0.25) is 0 Å². The fourth-order valence-electron chi connectivity index (χ4n) is 4.74. The van der Waals surface area contributed by atoms with Gasteiger partial charge in [0.25, 0.3) is 0 Å². The molecule has 0 bridgehead atoms. The van der Waals surface area contributed by atoms with E-state index in [9.17, 15) is 9.90 Å². The smallest absolute Gasteiger partial charge is 0.331 e. The minimum absolute atomic E-state index is 0.104. The Bertz CT molecular complexity index is 1550. The number of rotatable bonds is 13. The summed E-state index contributed by atoms with van der Waals surface area (Å²) in [4.78, 5) is 12.3. The normalized spacial score (nSPS) is 12.6. The molecule has 0 radical (unpaired) electrons. The van der Waals surface area contributed by atoms with Gasteiger partial charge in [-0.2, -0.15) is 10.3 Å². The number of aromatic amines is 1. The largest absolute Gasteiger partial charge is 0.496 e. The van der Waals surface area contributed by atoms with Crippen LogP contribution in [0.1, 0.15) is 47.8 Å². The Morgan fingerprint density at radius 3 is 2.73 bits per heavy atom. The number of nitrogens with one attached hydrogen (secondary N) is 1. The molecule has 12 nitrogen and oxygen atoms in total. The van der Waals surface area contributed by atoms with E-state index in [0.717, 1.165) is 53.8 Å². The van der Waals surface area contributed by atoms with Crippen LogP contribution in [0.5, 0.6) is 23.0 Å². The highest BCUT2D eigenvalue weighted by atomic mass is 16.5. The molecule has 2 aromatic carbocycles. The minimum atomic E-state index is -1.02. The molecule has 0 saturated heterocycles. The minimum Gasteiger partial charge on any atom is -0.496 e. The van der Waals surface area contributed by atoms with Crippen molar-refractivity contribution in [3.63, 3.8) is 0 Å². The number of nitrogens with zero attached hydrogens (tertiary/aromatic N) is 5. The number of aliphatic carboxylic acids is 1. The third-order valence-electron chi connectivity index (χ3n) is 6.85. The lowest BCUT2D eigenvalue weighted by atomic mass is 10.00. The molecule has 0 aliphatic carbocycles. The highest BCUT2D eigenvalue weighted by molar-refractivity contribution is 5.92. The van der Waals surface area contributed by atoms with Crippen LogP contribution in [-0.4, -0.2) is 62.3 Å². The van der Waals surface area contributed by atoms with Crippen LogP contribution in [0.3, 0.4) is 0 Å². The highest BCUT2D eigenvalue weighted by Crippen LogP contribution is 2.35. The van der Waals surface area contributed by atoms with Gasteiger partial charge in [0.1, 0.15) is 11.5 Å². The second-order valence-corrected chi connectivity index (χ2v) is 9.59. The van der Waals surface area contributed by atoms with E-state index in [2.05, 4.69) is 32.6 Å². The monoisotopic (exact) mass is 560 g/mol. The maximum absolute atomic E-state index is 12.3. The van der Waals surface area contributed by atoms with Gasteiger partial charge in [-0.15, -0.1) is 10.2 Å². The van der Waals surface area contributed by atoms with Gasteiger partial charge in [-0.25, -0.2) is 9.48 Å². The highest BCUT2D eigenvalue weighted by Gasteiger charge is 2.20. The maximum Gasteiger partial charge on any atom is 0.331 e. The van der Waals surface area contributed by atoms with Crippen molar-refractivity contribution in [2.24, 2.45) is 0 Å². The number of hydrogen-bond acceptors (Lipinski definition) is 9. The second-order valence-electron chi connectivity index (χ2n) is 9.59. The number of aryl methyl sites for hydroxylation is 1. The summed E-state index contributed by atoms with van der Waals surface area (Å²) in [5.41, 5.74) is 4.48. The van der Waals surface area contributed by atoms with Crippen molar-refractivity contribution >= 4 is 12.0 Å². The number of benzene rings is 2. The van der Waals surface area contributed by atoms with Crippen LogP contribution in [-0.2, 0) is 30.7 Å². The van der Waals surface area contributed by atoms with E-state index in [4.69, 9.17) is 18.9 Å². The molecule has 0 saturated carbocycles. The van der Waals surface area contributed by atoms with Crippen molar-refractivity contribution in [3.8, 4) is 28.7 Å². The molecule has 0 spiro atoms. The van der Waals surface area contributed by atoms with E-state index >= 15 is 0 Å². The Kier molecular flexibility index (Phi) is 8.47. The molecule has 0 fully saturated rings. The topological polar surface area (TPSA) is 146 Å². The Morgan fingerprint density at radius 1 is 1.15 bits per heavy atom. The lowest BCUT2D eigenvalue weighted by Crippen LogP contribution is -2.06. The Balaban J connectivity index is 1.46. The first-order valence-electron chi connectivity index (χ1n) is 13.4. The van der Waals surface area contributed by atoms with E-state index < -0.39 is 5.97 Å². The number of carbonyl (C=O) groups is 1. The molecule has 4 aromatic rings. The van der Waals surface area contributed by atoms with E-state index in [-0.39, 0.29) is 18.6 Å². The van der Waals surface area contributed by atoms with Gasteiger partial charge in [-0.05, 0) is 42.7 Å². The Labute approximate surface area is 236 Å². The van der Waals surface area contributed by atoms with Crippen LogP contribution in [0.25, 0.3) is 11.8 Å². The van der Waals surface area contributed by atoms with Gasteiger partial charge in [0.15, 0.2) is 18.1 Å². The fourth-order valence-corrected chi connectivity index (χ4v) is 4.74. The average Bonchev–Trinajstić information content (AvgIpc) is 3.76. The lowest BCUT2D eigenvalue weighted by Gasteiger charge is -2.16. The number of carboxylic acids is 1. The third kappa shape index (κ3) is 6.32. The Morgan fingerprint density at radius 2 is 2.00 bits per heavy atom. The first-order valence-corrected chi connectivity index (χ1v) is 13.4. The number of fused-ring (bicyclic) bond motifs is 1. The number of carboxylic acid groups (broad SMARTS) is 1. The molecule has 2 aromatic heterocycles. The fraction of sp³-hybridized carbons (Fsp3) is 0.345. The van der Waals surface area contributed by atoms with Crippen molar-refractivity contribution in [1.82, 2.24) is 30.4 Å². The zero-order valence-electron chi connectivity index (χ0n) is 23.2. The number of methoxy groups -OCH3 is 2. The van der Waals surface area contributed by atoms with Crippen molar-refractivity contribution in [2.45, 2.75) is 45.6 Å². The van der Waals surface area contributed by atoms with E-state index in [1.165, 1.54) is 0 Å². The van der Waals surface area contributed by atoms with Gasteiger partial charge >= 0.3 is 5.97 Å². The van der Waals surface area contributed by atoms with Crippen LogP contribution >= 0.6 is 0 Å². The summed E-state index contributed by atoms with van der Waals surface area (Å²) in [6.07, 6.45) is 8.83. The number of ether oxygens (including phenoxy) is 4.